The summed E-state index contributed by atoms with van der Waals surface area (Å²) in [6.07, 6.45) is -0.656. The molecule has 0 heterocycles. The predicted molar refractivity (Wildman–Crippen MR) is 46.7 cm³/mol. The van der Waals surface area contributed by atoms with Gasteiger partial charge in [-0.25, -0.2) is 0 Å². The fourth-order valence-electron chi connectivity index (χ4n) is 0.733. The van der Waals surface area contributed by atoms with Crippen molar-refractivity contribution in [3.05, 3.63) is 0 Å². The van der Waals surface area contributed by atoms with E-state index in [0.29, 0.717) is 0 Å². The minimum atomic E-state index is -2.92. The molecule has 14 heavy (non-hydrogen) atoms. The van der Waals surface area contributed by atoms with Crippen LogP contribution in [0.4, 0.5) is 0 Å². The summed E-state index contributed by atoms with van der Waals surface area (Å²) in [4.78, 5) is 0. The van der Waals surface area contributed by atoms with Crippen LogP contribution in [-0.2, 0) is 18.8 Å². The van der Waals surface area contributed by atoms with E-state index in [1.165, 1.54) is 0 Å². The van der Waals surface area contributed by atoms with Crippen molar-refractivity contribution in [2.45, 2.75) is 0 Å². The lowest BCUT2D eigenvalue weighted by molar-refractivity contribution is -0.00130. The van der Waals surface area contributed by atoms with Crippen LogP contribution in [0.1, 0.15) is 0 Å². The Morgan fingerprint density at radius 1 is 0.786 bits per heavy atom. The molecule has 0 fully saturated rings. The van der Waals surface area contributed by atoms with E-state index in [4.69, 9.17) is 15.3 Å². The van der Waals surface area contributed by atoms with E-state index in [-0.39, 0.29) is 19.0 Å². The predicted octanol–water partition coefficient (Wildman–Crippen LogP) is -0.879. The molecule has 0 aliphatic heterocycles. The first-order valence-corrected chi connectivity index (χ1v) is 6.07. The summed E-state index contributed by atoms with van der Waals surface area (Å²) in [5.41, 5.74) is 0. The van der Waals surface area contributed by atoms with Crippen LogP contribution < -0.4 is 0 Å². The minimum absolute atomic E-state index is 0.219. The Labute approximate surface area is 81.6 Å². The third-order valence-corrected chi connectivity index (χ3v) is 3.21. The molecule has 0 spiro atoms. The fourth-order valence-corrected chi connectivity index (χ4v) is 2.20. The van der Waals surface area contributed by atoms with Crippen molar-refractivity contribution < 1.29 is 34.1 Å². The number of hydrogen-bond acceptors (Lipinski definition) is 7. The second-order valence-corrected chi connectivity index (χ2v) is 5.34. The van der Waals surface area contributed by atoms with Gasteiger partial charge in [0.05, 0.1) is 0 Å². The van der Waals surface area contributed by atoms with Crippen LogP contribution in [0.3, 0.4) is 0 Å². The van der Waals surface area contributed by atoms with Crippen molar-refractivity contribution in [3.63, 3.8) is 0 Å². The zero-order valence-electron chi connectivity index (χ0n) is 7.66. The lowest BCUT2D eigenvalue weighted by atomic mass is 11.4. The summed E-state index contributed by atoms with van der Waals surface area (Å²) in [7, 11) is -2.92. The summed E-state index contributed by atoms with van der Waals surface area (Å²) in [5, 5.41) is 25.1. The highest BCUT2D eigenvalue weighted by Crippen LogP contribution is 2.45. The smallest absolute Gasteiger partial charge is 0.161 e. The maximum atomic E-state index is 11.8. The third-order valence-electron chi connectivity index (χ3n) is 1.25. The van der Waals surface area contributed by atoms with Crippen LogP contribution in [-0.4, -0.2) is 54.7 Å². The molecule has 0 unspecified atom stereocenters. The lowest BCUT2D eigenvalue weighted by Gasteiger charge is -2.16. The Balaban J connectivity index is 3.97. The van der Waals surface area contributed by atoms with Crippen molar-refractivity contribution >= 4 is 7.14 Å². The molecule has 0 aliphatic rings. The first-order chi connectivity index (χ1) is 6.68. The van der Waals surface area contributed by atoms with Gasteiger partial charge in [0.2, 0.25) is 0 Å². The molecule has 0 aromatic rings. The van der Waals surface area contributed by atoms with E-state index >= 15 is 0 Å². The Morgan fingerprint density at radius 3 is 1.29 bits per heavy atom. The van der Waals surface area contributed by atoms with E-state index in [0.717, 1.165) is 0 Å². The number of rotatable bonds is 9. The van der Waals surface area contributed by atoms with Gasteiger partial charge < -0.3 is 34.1 Å². The van der Waals surface area contributed by atoms with Crippen LogP contribution in [0.5, 0.6) is 0 Å². The molecule has 0 aromatic carbocycles. The van der Waals surface area contributed by atoms with Crippen LogP contribution in [0.15, 0.2) is 0 Å². The Kier molecular flexibility index (Phi) is 8.30. The molecular weight excluding hydrogens is 215 g/mol. The van der Waals surface area contributed by atoms with Gasteiger partial charge in [0, 0.05) is 0 Å². The van der Waals surface area contributed by atoms with Crippen molar-refractivity contribution in [2.75, 3.05) is 39.4 Å². The van der Waals surface area contributed by atoms with Crippen molar-refractivity contribution in [1.29, 1.82) is 0 Å². The largest absolute Gasteiger partial charge is 0.371 e. The molecule has 0 saturated heterocycles. The van der Waals surface area contributed by atoms with Gasteiger partial charge in [-0.15, -0.1) is 0 Å². The Morgan fingerprint density at radius 2 is 1.07 bits per heavy atom. The van der Waals surface area contributed by atoms with E-state index in [1.807, 2.05) is 0 Å². The molecule has 0 radical (unpaired) electrons. The lowest BCUT2D eigenvalue weighted by Crippen LogP contribution is -2.09. The molecule has 7 nitrogen and oxygen atoms in total. The Bertz CT molecular complexity index is 145. The average Bonchev–Trinajstić information content (AvgIpc) is 2.21. The van der Waals surface area contributed by atoms with Gasteiger partial charge in [0.15, 0.2) is 7.14 Å². The molecule has 0 bridgehead atoms. The van der Waals surface area contributed by atoms with Crippen molar-refractivity contribution in [2.24, 2.45) is 0 Å². The van der Waals surface area contributed by atoms with Gasteiger partial charge in [0.25, 0.3) is 0 Å². The molecule has 86 valence electrons. The highest BCUT2D eigenvalue weighted by atomic mass is 31.2. The van der Waals surface area contributed by atoms with E-state index in [2.05, 4.69) is 14.2 Å². The highest BCUT2D eigenvalue weighted by Gasteiger charge is 2.23. The van der Waals surface area contributed by atoms with Gasteiger partial charge >= 0.3 is 0 Å². The number of hydrogen-bond donors (Lipinski definition) is 3. The standard InChI is InChI=1S/C6H15O7P/c7-1-11-4-14(10,5-12-2-8)6-13-3-9/h7-9H,1-6H2. The second kappa shape index (κ2) is 8.31. The van der Waals surface area contributed by atoms with Crippen LogP contribution in [0.25, 0.3) is 0 Å². The maximum Gasteiger partial charge on any atom is 0.161 e. The monoisotopic (exact) mass is 230 g/mol. The summed E-state index contributed by atoms with van der Waals surface area (Å²) in [6.45, 7) is -1.66. The van der Waals surface area contributed by atoms with Crippen LogP contribution >= 0.6 is 7.14 Å². The van der Waals surface area contributed by atoms with Crippen molar-refractivity contribution in [3.8, 4) is 0 Å². The quantitative estimate of drug-likeness (QED) is 0.349. The first-order valence-electron chi connectivity index (χ1n) is 3.81. The maximum absolute atomic E-state index is 11.8. The molecule has 0 saturated carbocycles. The highest BCUT2D eigenvalue weighted by molar-refractivity contribution is 7.63. The van der Waals surface area contributed by atoms with Crippen LogP contribution in [0, 0.1) is 0 Å². The van der Waals surface area contributed by atoms with Gasteiger partial charge in [0.1, 0.15) is 39.4 Å². The zero-order chi connectivity index (χ0) is 10.9. The van der Waals surface area contributed by atoms with Crippen LogP contribution in [0.2, 0.25) is 0 Å². The molecular formula is C6H15O7P. The molecule has 0 rings (SSSR count). The molecule has 3 N–H and O–H groups in total. The fraction of sp³-hybridized carbons (Fsp3) is 1.00. The number of aliphatic hydroxyl groups is 3. The van der Waals surface area contributed by atoms with Gasteiger partial charge in [-0.2, -0.15) is 0 Å². The number of ether oxygens (including phenoxy) is 3. The SMILES string of the molecule is O=P(COCO)(COCO)COCO. The topological polar surface area (TPSA) is 105 Å². The summed E-state index contributed by atoms with van der Waals surface area (Å²) >= 11 is 0. The summed E-state index contributed by atoms with van der Waals surface area (Å²) < 4.78 is 25.5. The third kappa shape index (κ3) is 6.44. The average molecular weight is 230 g/mol. The van der Waals surface area contributed by atoms with Crippen molar-refractivity contribution in [1.82, 2.24) is 0 Å². The van der Waals surface area contributed by atoms with Gasteiger partial charge in [-0.1, -0.05) is 0 Å². The summed E-state index contributed by atoms with van der Waals surface area (Å²) in [5.74, 6) is 0. The summed E-state index contributed by atoms with van der Waals surface area (Å²) in [6, 6.07) is 0. The van der Waals surface area contributed by atoms with E-state index in [9.17, 15) is 4.57 Å². The molecule has 0 aromatic heterocycles. The molecule has 0 aliphatic carbocycles. The van der Waals surface area contributed by atoms with E-state index < -0.39 is 27.5 Å². The minimum Gasteiger partial charge on any atom is -0.371 e. The van der Waals surface area contributed by atoms with E-state index in [1.54, 1.807) is 0 Å². The zero-order valence-corrected chi connectivity index (χ0v) is 8.56. The Hall–Kier alpha value is -0.0100. The molecule has 0 amide bonds. The first kappa shape index (κ1) is 14.0. The normalized spacial score (nSPS) is 11.9. The van der Waals surface area contributed by atoms with Gasteiger partial charge in [-0.3, -0.25) is 0 Å². The number of aliphatic hydroxyl groups excluding tert-OH is 3. The second-order valence-electron chi connectivity index (χ2n) is 2.45. The molecule has 8 heteroatoms. The molecule has 0 atom stereocenters. The van der Waals surface area contributed by atoms with Gasteiger partial charge in [-0.05, 0) is 0 Å².